The van der Waals surface area contributed by atoms with E-state index in [-0.39, 0.29) is 30.8 Å². The maximum atomic E-state index is 12.8. The van der Waals surface area contributed by atoms with E-state index < -0.39 is 18.1 Å². The molecule has 1 aliphatic heterocycles. The van der Waals surface area contributed by atoms with Gasteiger partial charge in [0.05, 0.1) is 19.1 Å². The summed E-state index contributed by atoms with van der Waals surface area (Å²) in [7, 11) is 3.07. The Morgan fingerprint density at radius 3 is 2.38 bits per heavy atom. The first-order valence-corrected chi connectivity index (χ1v) is 9.67. The molecule has 2 aliphatic rings. The molecule has 2 amide bonds. The fraction of sp³-hybridized carbons (Fsp3) is 0.600. The predicted octanol–water partition coefficient (Wildman–Crippen LogP) is 3.75. The highest BCUT2D eigenvalue weighted by atomic mass is 19.4. The van der Waals surface area contributed by atoms with Crippen LogP contribution in [0, 0.1) is 5.92 Å². The summed E-state index contributed by atoms with van der Waals surface area (Å²) in [6.45, 7) is 0. The number of benzene rings is 1. The van der Waals surface area contributed by atoms with Crippen molar-refractivity contribution in [3.05, 3.63) is 18.2 Å². The van der Waals surface area contributed by atoms with Crippen LogP contribution in [-0.2, 0) is 9.59 Å². The number of halogens is 3. The van der Waals surface area contributed by atoms with Crippen molar-refractivity contribution >= 4 is 17.5 Å². The molecule has 0 aromatic heterocycles. The largest absolute Gasteiger partial charge is 0.493 e. The third-order valence-electron chi connectivity index (χ3n) is 5.66. The number of ether oxygens (including phenoxy) is 2. The number of carbonyl (C=O) groups excluding carboxylic acids is 2. The topological polar surface area (TPSA) is 67.9 Å². The van der Waals surface area contributed by atoms with Crippen molar-refractivity contribution in [1.82, 2.24) is 4.90 Å². The van der Waals surface area contributed by atoms with Crippen molar-refractivity contribution in [3.63, 3.8) is 0 Å². The van der Waals surface area contributed by atoms with E-state index in [0.29, 0.717) is 42.9 Å². The number of carbonyl (C=O) groups is 2. The Morgan fingerprint density at radius 2 is 1.83 bits per heavy atom. The molecular weight excluding hydrogens is 389 g/mol. The summed E-state index contributed by atoms with van der Waals surface area (Å²) in [4.78, 5) is 25.5. The first-order valence-electron chi connectivity index (χ1n) is 9.67. The van der Waals surface area contributed by atoms with Gasteiger partial charge >= 0.3 is 6.18 Å². The lowest BCUT2D eigenvalue weighted by atomic mass is 9.87. The minimum atomic E-state index is -4.17. The van der Waals surface area contributed by atoms with Crippen LogP contribution in [0.4, 0.5) is 18.9 Å². The van der Waals surface area contributed by atoms with Crippen molar-refractivity contribution < 1.29 is 32.2 Å². The van der Waals surface area contributed by atoms with Gasteiger partial charge in [0.15, 0.2) is 11.5 Å². The van der Waals surface area contributed by atoms with E-state index in [2.05, 4.69) is 5.32 Å². The van der Waals surface area contributed by atoms with Crippen LogP contribution in [0.1, 0.15) is 38.5 Å². The van der Waals surface area contributed by atoms with Crippen LogP contribution in [-0.4, -0.2) is 49.2 Å². The molecule has 3 rings (SSSR count). The van der Waals surface area contributed by atoms with E-state index >= 15 is 0 Å². The Bertz CT molecular complexity index is 761. The summed E-state index contributed by atoms with van der Waals surface area (Å²) in [6.07, 6.45) is -3.02. The summed E-state index contributed by atoms with van der Waals surface area (Å²) in [5.74, 6) is -0.829. The van der Waals surface area contributed by atoms with Crippen molar-refractivity contribution in [2.45, 2.75) is 56.8 Å². The van der Waals surface area contributed by atoms with Gasteiger partial charge in [-0.15, -0.1) is 0 Å². The average Bonchev–Trinajstić information content (AvgIpc) is 3.01. The molecule has 1 saturated carbocycles. The number of likely N-dealkylation sites (tertiary alicyclic amines) is 1. The van der Waals surface area contributed by atoms with Crippen LogP contribution in [0.3, 0.4) is 0 Å². The molecule has 6 nitrogen and oxygen atoms in total. The molecule has 2 fully saturated rings. The third kappa shape index (κ3) is 4.94. The quantitative estimate of drug-likeness (QED) is 0.797. The van der Waals surface area contributed by atoms with Gasteiger partial charge in [0, 0.05) is 25.2 Å². The van der Waals surface area contributed by atoms with Crippen molar-refractivity contribution in [2.24, 2.45) is 5.92 Å². The lowest BCUT2D eigenvalue weighted by Gasteiger charge is -2.30. The van der Waals surface area contributed by atoms with E-state index in [0.717, 1.165) is 0 Å². The molecule has 160 valence electrons. The highest BCUT2D eigenvalue weighted by Gasteiger charge is 2.42. The molecule has 0 spiro atoms. The van der Waals surface area contributed by atoms with Gasteiger partial charge in [-0.3, -0.25) is 9.59 Å². The molecule has 1 saturated heterocycles. The second kappa shape index (κ2) is 8.51. The standard InChI is InChI=1S/C20H25F3N2O4/c1-25-15(8-10-18(25)26)19(27)24-13-5-9-16(28-2)17(11-13)29-14-6-3-12(4-7-14)20(21,22)23/h5,9,11-12,14-15H,3-4,6-8,10H2,1-2H3,(H,24,27). The highest BCUT2D eigenvalue weighted by molar-refractivity contribution is 5.99. The van der Waals surface area contributed by atoms with Gasteiger partial charge < -0.3 is 19.7 Å². The zero-order valence-corrected chi connectivity index (χ0v) is 16.4. The average molecular weight is 414 g/mol. The zero-order chi connectivity index (χ0) is 21.2. The number of anilines is 1. The van der Waals surface area contributed by atoms with Gasteiger partial charge in [-0.25, -0.2) is 0 Å². The van der Waals surface area contributed by atoms with Crippen LogP contribution in [0.5, 0.6) is 11.5 Å². The molecule has 1 unspecified atom stereocenters. The summed E-state index contributed by atoms with van der Waals surface area (Å²) in [5, 5.41) is 2.77. The zero-order valence-electron chi connectivity index (χ0n) is 16.4. The Morgan fingerprint density at radius 1 is 1.14 bits per heavy atom. The molecule has 1 atom stereocenters. The Balaban J connectivity index is 1.65. The second-order valence-corrected chi connectivity index (χ2v) is 7.55. The van der Waals surface area contributed by atoms with Crippen LogP contribution in [0.2, 0.25) is 0 Å². The number of hydrogen-bond acceptors (Lipinski definition) is 4. The highest BCUT2D eigenvalue weighted by Crippen LogP contribution is 2.40. The summed E-state index contributed by atoms with van der Waals surface area (Å²) in [6, 6.07) is 4.37. The second-order valence-electron chi connectivity index (χ2n) is 7.55. The molecular formula is C20H25F3N2O4. The third-order valence-corrected chi connectivity index (χ3v) is 5.66. The molecule has 1 heterocycles. The normalized spacial score (nSPS) is 25.1. The van der Waals surface area contributed by atoms with Gasteiger partial charge in [-0.05, 0) is 44.2 Å². The lowest BCUT2D eigenvalue weighted by Crippen LogP contribution is -2.38. The van der Waals surface area contributed by atoms with Gasteiger partial charge in [-0.2, -0.15) is 13.2 Å². The Hall–Kier alpha value is -2.45. The van der Waals surface area contributed by atoms with E-state index in [1.54, 1.807) is 25.2 Å². The predicted molar refractivity (Wildman–Crippen MR) is 99.8 cm³/mol. The Kier molecular flexibility index (Phi) is 6.24. The number of methoxy groups -OCH3 is 1. The molecule has 1 aliphatic carbocycles. The van der Waals surface area contributed by atoms with E-state index in [4.69, 9.17) is 9.47 Å². The van der Waals surface area contributed by atoms with Crippen LogP contribution in [0.15, 0.2) is 18.2 Å². The molecule has 1 aromatic carbocycles. The monoisotopic (exact) mass is 414 g/mol. The number of nitrogens with zero attached hydrogens (tertiary/aromatic N) is 1. The summed E-state index contributed by atoms with van der Waals surface area (Å²) < 4.78 is 49.7. The molecule has 1 N–H and O–H groups in total. The smallest absolute Gasteiger partial charge is 0.391 e. The maximum absolute atomic E-state index is 12.8. The van der Waals surface area contributed by atoms with Crippen molar-refractivity contribution in [2.75, 3.05) is 19.5 Å². The summed E-state index contributed by atoms with van der Waals surface area (Å²) >= 11 is 0. The first-order chi connectivity index (χ1) is 13.7. The number of rotatable bonds is 5. The minimum Gasteiger partial charge on any atom is -0.493 e. The van der Waals surface area contributed by atoms with Crippen molar-refractivity contribution in [1.29, 1.82) is 0 Å². The van der Waals surface area contributed by atoms with Gasteiger partial charge in [0.1, 0.15) is 6.04 Å². The fourth-order valence-corrected chi connectivity index (χ4v) is 3.87. The van der Waals surface area contributed by atoms with Crippen LogP contribution < -0.4 is 14.8 Å². The molecule has 0 bridgehead atoms. The van der Waals surface area contributed by atoms with Gasteiger partial charge in [0.2, 0.25) is 11.8 Å². The molecule has 1 aromatic rings. The summed E-state index contributed by atoms with van der Waals surface area (Å²) in [5.41, 5.74) is 0.475. The number of amides is 2. The Labute approximate surface area is 167 Å². The van der Waals surface area contributed by atoms with Gasteiger partial charge in [-0.1, -0.05) is 0 Å². The van der Waals surface area contributed by atoms with Crippen LogP contribution in [0.25, 0.3) is 0 Å². The molecule has 0 radical (unpaired) electrons. The first kappa shape index (κ1) is 21.3. The SMILES string of the molecule is COc1ccc(NC(=O)C2CCC(=O)N2C)cc1OC1CCC(C(F)(F)F)CC1. The number of likely N-dealkylation sites (N-methyl/N-ethyl adjacent to an activating group) is 1. The molecule has 9 heteroatoms. The van der Waals surface area contributed by atoms with Crippen molar-refractivity contribution in [3.8, 4) is 11.5 Å². The maximum Gasteiger partial charge on any atom is 0.391 e. The van der Waals surface area contributed by atoms with E-state index in [1.807, 2.05) is 0 Å². The van der Waals surface area contributed by atoms with Crippen LogP contribution >= 0.6 is 0 Å². The number of nitrogens with one attached hydrogen (secondary N) is 1. The number of hydrogen-bond donors (Lipinski definition) is 1. The van der Waals surface area contributed by atoms with E-state index in [9.17, 15) is 22.8 Å². The minimum absolute atomic E-state index is 0.0367. The lowest BCUT2D eigenvalue weighted by molar-refractivity contribution is -0.185. The fourth-order valence-electron chi connectivity index (χ4n) is 3.87. The number of alkyl halides is 3. The molecule has 29 heavy (non-hydrogen) atoms. The van der Waals surface area contributed by atoms with Gasteiger partial charge in [0.25, 0.3) is 0 Å². The van der Waals surface area contributed by atoms with E-state index in [1.165, 1.54) is 12.0 Å².